The van der Waals surface area contributed by atoms with Crippen molar-refractivity contribution in [1.82, 2.24) is 4.98 Å². The molecule has 18 heavy (non-hydrogen) atoms. The Morgan fingerprint density at radius 3 is 2.72 bits per heavy atom. The van der Waals surface area contributed by atoms with Crippen LogP contribution < -0.4 is 4.90 Å². The number of pyridine rings is 1. The molecule has 0 saturated heterocycles. The lowest BCUT2D eigenvalue weighted by atomic mass is 10.2. The number of rotatable bonds is 6. The molecular formula is C14H20N2O2. The van der Waals surface area contributed by atoms with Crippen LogP contribution >= 0.6 is 0 Å². The zero-order valence-corrected chi connectivity index (χ0v) is 11.1. The first-order valence-electron chi connectivity index (χ1n) is 6.62. The number of esters is 1. The Labute approximate surface area is 108 Å². The summed E-state index contributed by atoms with van der Waals surface area (Å²) in [6.45, 7) is 6.34. The van der Waals surface area contributed by atoms with Crippen LogP contribution in [-0.2, 0) is 4.74 Å². The number of aromatic nitrogens is 1. The lowest BCUT2D eigenvalue weighted by Crippen LogP contribution is -2.26. The summed E-state index contributed by atoms with van der Waals surface area (Å²) in [6, 6.07) is 3.69. The fourth-order valence-electron chi connectivity index (χ4n) is 1.91. The number of nitrogens with zero attached hydrogens (tertiary/aromatic N) is 2. The molecule has 0 radical (unpaired) electrons. The van der Waals surface area contributed by atoms with E-state index in [0.29, 0.717) is 12.2 Å². The highest BCUT2D eigenvalue weighted by atomic mass is 16.5. The van der Waals surface area contributed by atoms with Crippen LogP contribution in [0.4, 0.5) is 5.82 Å². The first-order chi connectivity index (χ1) is 8.74. The Balaban J connectivity index is 2.02. The molecule has 0 bridgehead atoms. The summed E-state index contributed by atoms with van der Waals surface area (Å²) in [7, 11) is 0. The van der Waals surface area contributed by atoms with Gasteiger partial charge in [-0.05, 0) is 44.7 Å². The summed E-state index contributed by atoms with van der Waals surface area (Å²) in [5, 5.41) is 0. The van der Waals surface area contributed by atoms with E-state index < -0.39 is 0 Å². The van der Waals surface area contributed by atoms with Gasteiger partial charge in [0.25, 0.3) is 0 Å². The van der Waals surface area contributed by atoms with Crippen LogP contribution in [0.2, 0.25) is 0 Å². The molecule has 0 aliphatic heterocycles. The van der Waals surface area contributed by atoms with Gasteiger partial charge in [-0.2, -0.15) is 0 Å². The average molecular weight is 248 g/mol. The zero-order valence-electron chi connectivity index (χ0n) is 11.1. The molecule has 98 valence electrons. The van der Waals surface area contributed by atoms with E-state index in [0.717, 1.165) is 24.8 Å². The third-order valence-electron chi connectivity index (χ3n) is 3.14. The Morgan fingerprint density at radius 1 is 1.44 bits per heavy atom. The monoisotopic (exact) mass is 248 g/mol. The predicted octanol–water partition coefficient (Wildman–Crippen LogP) is 2.49. The van der Waals surface area contributed by atoms with Gasteiger partial charge >= 0.3 is 5.97 Å². The Bertz CT molecular complexity index is 399. The van der Waals surface area contributed by atoms with Gasteiger partial charge in [-0.1, -0.05) is 0 Å². The highest BCUT2D eigenvalue weighted by molar-refractivity contribution is 5.89. The van der Waals surface area contributed by atoms with Gasteiger partial charge in [0.15, 0.2) is 0 Å². The van der Waals surface area contributed by atoms with Crippen LogP contribution in [0.5, 0.6) is 0 Å². The Kier molecular flexibility index (Phi) is 4.18. The second-order valence-corrected chi connectivity index (χ2v) is 4.61. The molecule has 0 N–H and O–H groups in total. The van der Waals surface area contributed by atoms with Crippen LogP contribution in [0.15, 0.2) is 18.3 Å². The van der Waals surface area contributed by atoms with E-state index in [4.69, 9.17) is 4.74 Å². The highest BCUT2D eigenvalue weighted by Crippen LogP contribution is 2.30. The van der Waals surface area contributed by atoms with Crippen molar-refractivity contribution in [1.29, 1.82) is 0 Å². The van der Waals surface area contributed by atoms with Crippen molar-refractivity contribution in [2.75, 3.05) is 24.6 Å². The Morgan fingerprint density at radius 2 is 2.22 bits per heavy atom. The standard InChI is InChI=1S/C14H20N2O2/c1-3-16(10-11-5-6-11)13-8-7-12(9-15-13)14(17)18-4-2/h7-9,11H,3-6,10H2,1-2H3. The summed E-state index contributed by atoms with van der Waals surface area (Å²) in [6.07, 6.45) is 4.26. The normalized spacial score (nSPS) is 14.3. The smallest absolute Gasteiger partial charge is 0.339 e. The summed E-state index contributed by atoms with van der Waals surface area (Å²) < 4.78 is 4.94. The van der Waals surface area contributed by atoms with E-state index >= 15 is 0 Å². The van der Waals surface area contributed by atoms with Crippen molar-refractivity contribution in [2.24, 2.45) is 5.92 Å². The minimum absolute atomic E-state index is 0.304. The largest absolute Gasteiger partial charge is 0.462 e. The summed E-state index contributed by atoms with van der Waals surface area (Å²) >= 11 is 0. The number of hydrogen-bond donors (Lipinski definition) is 0. The lowest BCUT2D eigenvalue weighted by molar-refractivity contribution is 0.0526. The summed E-state index contributed by atoms with van der Waals surface area (Å²) in [5.74, 6) is 1.47. The molecule has 1 saturated carbocycles. The van der Waals surface area contributed by atoms with Crippen molar-refractivity contribution in [3.05, 3.63) is 23.9 Å². The van der Waals surface area contributed by atoms with Gasteiger partial charge < -0.3 is 9.64 Å². The van der Waals surface area contributed by atoms with E-state index in [1.807, 2.05) is 6.07 Å². The number of carbonyl (C=O) groups excluding carboxylic acids is 1. The van der Waals surface area contributed by atoms with Gasteiger partial charge in [-0.3, -0.25) is 0 Å². The van der Waals surface area contributed by atoms with Gasteiger partial charge in [0.05, 0.1) is 12.2 Å². The molecule has 0 spiro atoms. The van der Waals surface area contributed by atoms with Gasteiger partial charge in [0.1, 0.15) is 5.82 Å². The molecule has 0 atom stereocenters. The third-order valence-corrected chi connectivity index (χ3v) is 3.14. The molecule has 0 aromatic carbocycles. The van der Waals surface area contributed by atoms with Crippen LogP contribution in [0.1, 0.15) is 37.0 Å². The van der Waals surface area contributed by atoms with Crippen LogP contribution in [0, 0.1) is 5.92 Å². The van der Waals surface area contributed by atoms with Gasteiger partial charge in [-0.15, -0.1) is 0 Å². The number of ether oxygens (including phenoxy) is 1. The molecule has 4 heteroatoms. The van der Waals surface area contributed by atoms with Crippen molar-refractivity contribution in [3.8, 4) is 0 Å². The van der Waals surface area contributed by atoms with Crippen LogP contribution in [0.25, 0.3) is 0 Å². The Hall–Kier alpha value is -1.58. The second-order valence-electron chi connectivity index (χ2n) is 4.61. The molecule has 1 heterocycles. The fourth-order valence-corrected chi connectivity index (χ4v) is 1.91. The van der Waals surface area contributed by atoms with E-state index in [9.17, 15) is 4.79 Å². The first-order valence-corrected chi connectivity index (χ1v) is 6.62. The average Bonchev–Trinajstić information content (AvgIpc) is 3.20. The molecule has 1 aromatic heterocycles. The molecule has 4 nitrogen and oxygen atoms in total. The van der Waals surface area contributed by atoms with E-state index in [1.165, 1.54) is 12.8 Å². The zero-order chi connectivity index (χ0) is 13.0. The second kappa shape index (κ2) is 5.85. The highest BCUT2D eigenvalue weighted by Gasteiger charge is 2.24. The molecule has 2 rings (SSSR count). The number of anilines is 1. The summed E-state index contributed by atoms with van der Waals surface area (Å²) in [4.78, 5) is 18.1. The number of hydrogen-bond acceptors (Lipinski definition) is 4. The van der Waals surface area contributed by atoms with Crippen molar-refractivity contribution >= 4 is 11.8 Å². The third kappa shape index (κ3) is 3.22. The molecule has 0 unspecified atom stereocenters. The molecular weight excluding hydrogens is 228 g/mol. The quantitative estimate of drug-likeness (QED) is 0.725. The van der Waals surface area contributed by atoms with Crippen LogP contribution in [0.3, 0.4) is 0 Å². The minimum atomic E-state index is -0.304. The van der Waals surface area contributed by atoms with Crippen molar-refractivity contribution < 1.29 is 9.53 Å². The maximum Gasteiger partial charge on any atom is 0.339 e. The topological polar surface area (TPSA) is 42.4 Å². The molecule has 1 aromatic rings. The predicted molar refractivity (Wildman–Crippen MR) is 70.8 cm³/mol. The summed E-state index contributed by atoms with van der Waals surface area (Å²) in [5.41, 5.74) is 0.517. The van der Waals surface area contributed by atoms with Gasteiger partial charge in [0, 0.05) is 19.3 Å². The SMILES string of the molecule is CCOC(=O)c1ccc(N(CC)CC2CC2)nc1. The molecule has 1 aliphatic carbocycles. The molecule has 0 amide bonds. The number of carbonyl (C=O) groups is 1. The van der Waals surface area contributed by atoms with Gasteiger partial charge in [0.2, 0.25) is 0 Å². The maximum atomic E-state index is 11.5. The van der Waals surface area contributed by atoms with Crippen molar-refractivity contribution in [2.45, 2.75) is 26.7 Å². The lowest BCUT2D eigenvalue weighted by Gasteiger charge is -2.21. The van der Waals surface area contributed by atoms with Crippen LogP contribution in [-0.4, -0.2) is 30.6 Å². The van der Waals surface area contributed by atoms with Crippen molar-refractivity contribution in [3.63, 3.8) is 0 Å². The van der Waals surface area contributed by atoms with E-state index in [-0.39, 0.29) is 5.97 Å². The van der Waals surface area contributed by atoms with E-state index in [2.05, 4.69) is 16.8 Å². The maximum absolute atomic E-state index is 11.5. The molecule has 1 aliphatic rings. The fraction of sp³-hybridized carbons (Fsp3) is 0.571. The van der Waals surface area contributed by atoms with Gasteiger partial charge in [-0.25, -0.2) is 9.78 Å². The molecule has 1 fully saturated rings. The van der Waals surface area contributed by atoms with E-state index in [1.54, 1.807) is 19.2 Å². The minimum Gasteiger partial charge on any atom is -0.462 e. The first kappa shape index (κ1) is 12.9.